The Kier molecular flexibility index (Phi) is 5.22. The van der Waals surface area contributed by atoms with Gasteiger partial charge in [0.2, 0.25) is 0 Å². The van der Waals surface area contributed by atoms with Gasteiger partial charge in [0, 0.05) is 32.2 Å². The quantitative estimate of drug-likeness (QED) is 0.796. The predicted molar refractivity (Wildman–Crippen MR) is 82.9 cm³/mol. The van der Waals surface area contributed by atoms with Crippen LogP contribution in [-0.2, 0) is 11.8 Å². The first-order chi connectivity index (χ1) is 10.2. The standard InChI is InChI=1S/C16H22N2O3/c1-4-21-10-6-9-17-16(19)14-11-12-13(18(14)2)7-5-8-15(12)20-3/h5,7-8,11H,4,6,9-10H2,1-3H3,(H,17,19). The Hall–Kier alpha value is -2.01. The summed E-state index contributed by atoms with van der Waals surface area (Å²) in [5.41, 5.74) is 1.61. The van der Waals surface area contributed by atoms with E-state index in [1.807, 2.05) is 42.8 Å². The predicted octanol–water partition coefficient (Wildman–Crippen LogP) is 2.34. The molecule has 0 atom stereocenters. The number of hydrogen-bond acceptors (Lipinski definition) is 3. The van der Waals surface area contributed by atoms with Gasteiger partial charge in [0.15, 0.2) is 0 Å². The van der Waals surface area contributed by atoms with Crippen molar-refractivity contribution in [3.05, 3.63) is 30.0 Å². The molecule has 21 heavy (non-hydrogen) atoms. The van der Waals surface area contributed by atoms with E-state index in [4.69, 9.17) is 9.47 Å². The molecule has 1 N–H and O–H groups in total. The Morgan fingerprint density at radius 3 is 2.90 bits per heavy atom. The summed E-state index contributed by atoms with van der Waals surface area (Å²) in [4.78, 5) is 12.3. The maximum absolute atomic E-state index is 12.3. The van der Waals surface area contributed by atoms with Crippen molar-refractivity contribution in [2.75, 3.05) is 26.9 Å². The van der Waals surface area contributed by atoms with E-state index in [1.165, 1.54) is 0 Å². The summed E-state index contributed by atoms with van der Waals surface area (Å²) in [6.45, 7) is 3.94. The van der Waals surface area contributed by atoms with E-state index in [0.717, 1.165) is 23.1 Å². The molecule has 1 aromatic heterocycles. The summed E-state index contributed by atoms with van der Waals surface area (Å²) >= 11 is 0. The second-order valence-corrected chi connectivity index (χ2v) is 4.79. The molecule has 114 valence electrons. The number of carbonyl (C=O) groups excluding carboxylic acids is 1. The van der Waals surface area contributed by atoms with Crippen molar-refractivity contribution >= 4 is 16.8 Å². The van der Waals surface area contributed by atoms with Crippen molar-refractivity contribution < 1.29 is 14.3 Å². The lowest BCUT2D eigenvalue weighted by molar-refractivity contribution is 0.0936. The lowest BCUT2D eigenvalue weighted by Crippen LogP contribution is -2.27. The number of amides is 1. The van der Waals surface area contributed by atoms with Gasteiger partial charge in [-0.1, -0.05) is 6.07 Å². The topological polar surface area (TPSA) is 52.5 Å². The van der Waals surface area contributed by atoms with Crippen LogP contribution >= 0.6 is 0 Å². The van der Waals surface area contributed by atoms with Crippen molar-refractivity contribution in [1.29, 1.82) is 0 Å². The highest BCUT2D eigenvalue weighted by Gasteiger charge is 2.14. The van der Waals surface area contributed by atoms with Crippen molar-refractivity contribution in [1.82, 2.24) is 9.88 Å². The lowest BCUT2D eigenvalue weighted by Gasteiger charge is -2.06. The zero-order chi connectivity index (χ0) is 15.2. The van der Waals surface area contributed by atoms with Crippen molar-refractivity contribution in [3.8, 4) is 5.75 Å². The molecule has 0 fully saturated rings. The van der Waals surface area contributed by atoms with Gasteiger partial charge in [0.1, 0.15) is 11.4 Å². The summed E-state index contributed by atoms with van der Waals surface area (Å²) < 4.78 is 12.5. The van der Waals surface area contributed by atoms with Gasteiger partial charge < -0.3 is 19.4 Å². The summed E-state index contributed by atoms with van der Waals surface area (Å²) in [6.07, 6.45) is 0.812. The molecule has 0 spiro atoms. The first-order valence-corrected chi connectivity index (χ1v) is 7.17. The highest BCUT2D eigenvalue weighted by Crippen LogP contribution is 2.27. The molecule has 0 bridgehead atoms. The number of carbonyl (C=O) groups is 1. The van der Waals surface area contributed by atoms with Gasteiger partial charge in [0.05, 0.1) is 12.6 Å². The monoisotopic (exact) mass is 290 g/mol. The van der Waals surface area contributed by atoms with Crippen LogP contribution in [0.5, 0.6) is 5.75 Å². The van der Waals surface area contributed by atoms with E-state index in [9.17, 15) is 4.79 Å². The molecular weight excluding hydrogens is 268 g/mol. The lowest BCUT2D eigenvalue weighted by atomic mass is 10.2. The molecule has 0 aliphatic rings. The van der Waals surface area contributed by atoms with Crippen LogP contribution in [0.1, 0.15) is 23.8 Å². The van der Waals surface area contributed by atoms with Gasteiger partial charge in [-0.05, 0) is 31.5 Å². The van der Waals surface area contributed by atoms with Crippen LogP contribution in [0.2, 0.25) is 0 Å². The zero-order valence-electron chi connectivity index (χ0n) is 12.8. The number of benzene rings is 1. The van der Waals surface area contributed by atoms with E-state index in [1.54, 1.807) is 7.11 Å². The average molecular weight is 290 g/mol. The third-order valence-electron chi connectivity index (χ3n) is 3.45. The Morgan fingerprint density at radius 1 is 1.38 bits per heavy atom. The molecule has 0 aliphatic carbocycles. The van der Waals surface area contributed by atoms with Crippen LogP contribution in [0.4, 0.5) is 0 Å². The number of methoxy groups -OCH3 is 1. The largest absolute Gasteiger partial charge is 0.496 e. The fourth-order valence-electron chi connectivity index (χ4n) is 2.34. The van der Waals surface area contributed by atoms with E-state index in [2.05, 4.69) is 5.32 Å². The van der Waals surface area contributed by atoms with Crippen molar-refractivity contribution in [3.63, 3.8) is 0 Å². The summed E-state index contributed by atoms with van der Waals surface area (Å²) in [5, 5.41) is 3.86. The van der Waals surface area contributed by atoms with E-state index in [0.29, 0.717) is 25.5 Å². The summed E-state index contributed by atoms with van der Waals surface area (Å²) in [6, 6.07) is 7.66. The number of aromatic nitrogens is 1. The van der Waals surface area contributed by atoms with E-state index in [-0.39, 0.29) is 5.91 Å². The normalized spacial score (nSPS) is 10.8. The Labute approximate surface area is 124 Å². The molecule has 0 aliphatic heterocycles. The second kappa shape index (κ2) is 7.13. The molecule has 1 amide bonds. The van der Waals surface area contributed by atoms with E-state index >= 15 is 0 Å². The molecule has 1 heterocycles. The number of aryl methyl sites for hydroxylation is 1. The molecule has 5 heteroatoms. The Morgan fingerprint density at radius 2 is 2.19 bits per heavy atom. The molecule has 2 aromatic rings. The minimum absolute atomic E-state index is 0.0766. The maximum Gasteiger partial charge on any atom is 0.267 e. The molecule has 1 aromatic carbocycles. The Balaban J connectivity index is 2.11. The number of ether oxygens (including phenoxy) is 2. The maximum atomic E-state index is 12.3. The highest BCUT2D eigenvalue weighted by atomic mass is 16.5. The molecule has 0 radical (unpaired) electrons. The molecule has 2 rings (SSSR count). The average Bonchev–Trinajstić information content (AvgIpc) is 2.84. The van der Waals surface area contributed by atoms with Gasteiger partial charge in [-0.25, -0.2) is 0 Å². The third-order valence-corrected chi connectivity index (χ3v) is 3.45. The first-order valence-electron chi connectivity index (χ1n) is 7.17. The first kappa shape index (κ1) is 15.4. The fraction of sp³-hybridized carbons (Fsp3) is 0.438. The van der Waals surface area contributed by atoms with Gasteiger partial charge in [-0.2, -0.15) is 0 Å². The van der Waals surface area contributed by atoms with Crippen molar-refractivity contribution in [2.45, 2.75) is 13.3 Å². The minimum Gasteiger partial charge on any atom is -0.496 e. The van der Waals surface area contributed by atoms with Crippen LogP contribution in [0.25, 0.3) is 10.9 Å². The Bertz CT molecular complexity index is 619. The highest BCUT2D eigenvalue weighted by molar-refractivity contribution is 6.00. The number of hydrogen-bond donors (Lipinski definition) is 1. The van der Waals surface area contributed by atoms with E-state index < -0.39 is 0 Å². The minimum atomic E-state index is -0.0766. The van der Waals surface area contributed by atoms with Crippen molar-refractivity contribution in [2.24, 2.45) is 7.05 Å². The molecule has 0 saturated heterocycles. The summed E-state index contributed by atoms with van der Waals surface area (Å²) in [5.74, 6) is 0.700. The molecule has 5 nitrogen and oxygen atoms in total. The number of fused-ring (bicyclic) bond motifs is 1. The second-order valence-electron chi connectivity index (χ2n) is 4.79. The number of rotatable bonds is 7. The molecular formula is C16H22N2O3. The third kappa shape index (κ3) is 3.36. The van der Waals surface area contributed by atoms with Crippen LogP contribution in [0.15, 0.2) is 24.3 Å². The molecule has 0 unspecified atom stereocenters. The van der Waals surface area contributed by atoms with Gasteiger partial charge in [0.25, 0.3) is 5.91 Å². The van der Waals surface area contributed by atoms with Gasteiger partial charge in [-0.3, -0.25) is 4.79 Å². The number of nitrogens with one attached hydrogen (secondary N) is 1. The van der Waals surface area contributed by atoms with Gasteiger partial charge >= 0.3 is 0 Å². The fourth-order valence-corrected chi connectivity index (χ4v) is 2.34. The zero-order valence-corrected chi connectivity index (χ0v) is 12.8. The van der Waals surface area contributed by atoms with Gasteiger partial charge in [-0.15, -0.1) is 0 Å². The molecule has 0 saturated carbocycles. The SMILES string of the molecule is CCOCCCNC(=O)c1cc2c(OC)cccc2n1C. The smallest absolute Gasteiger partial charge is 0.267 e. The van der Waals surface area contributed by atoms with Crippen LogP contribution in [0, 0.1) is 0 Å². The number of nitrogens with zero attached hydrogens (tertiary/aromatic N) is 1. The van der Waals surface area contributed by atoms with Crippen LogP contribution in [0.3, 0.4) is 0 Å². The summed E-state index contributed by atoms with van der Waals surface area (Å²) in [7, 11) is 3.52. The van der Waals surface area contributed by atoms with Crippen LogP contribution in [-0.4, -0.2) is 37.3 Å². The van der Waals surface area contributed by atoms with Crippen LogP contribution < -0.4 is 10.1 Å².